The van der Waals surface area contributed by atoms with Crippen LogP contribution in [-0.4, -0.2) is 21.1 Å². The van der Waals surface area contributed by atoms with Gasteiger partial charge in [-0.1, -0.05) is 6.07 Å². The van der Waals surface area contributed by atoms with Gasteiger partial charge in [0, 0.05) is 0 Å². The smallest absolute Gasteiger partial charge is 0.241 e. The molecule has 0 fully saturated rings. The minimum absolute atomic E-state index is 0.110. The van der Waals surface area contributed by atoms with E-state index in [2.05, 4.69) is 20.5 Å². The molecule has 1 aromatic carbocycles. The van der Waals surface area contributed by atoms with E-state index in [0.29, 0.717) is 0 Å². The van der Waals surface area contributed by atoms with E-state index in [1.165, 1.54) is 31.5 Å². The first kappa shape index (κ1) is 12.7. The summed E-state index contributed by atoms with van der Waals surface area (Å²) >= 11 is 0. The van der Waals surface area contributed by atoms with Gasteiger partial charge in [-0.3, -0.25) is 9.89 Å². The first-order valence-corrected chi connectivity index (χ1v) is 5.48. The van der Waals surface area contributed by atoms with Crippen molar-refractivity contribution in [2.24, 2.45) is 5.92 Å². The highest BCUT2D eigenvalue weighted by molar-refractivity contribution is 5.97. The molecule has 1 unspecified atom stereocenters. The predicted molar refractivity (Wildman–Crippen MR) is 65.2 cm³/mol. The molecule has 2 rings (SSSR count). The SMILES string of the molecule is CC(C#N)C(=O)Nc1cccc(F)c1-c1ncn[nH]1. The Morgan fingerprint density at radius 2 is 2.37 bits per heavy atom. The van der Waals surface area contributed by atoms with Gasteiger partial charge < -0.3 is 5.32 Å². The number of nitrogens with zero attached hydrogens (tertiary/aromatic N) is 3. The fourth-order valence-electron chi connectivity index (χ4n) is 1.49. The summed E-state index contributed by atoms with van der Waals surface area (Å²) < 4.78 is 13.8. The molecule has 1 amide bonds. The average molecular weight is 259 g/mol. The van der Waals surface area contributed by atoms with Crippen molar-refractivity contribution in [3.63, 3.8) is 0 Å². The van der Waals surface area contributed by atoms with Gasteiger partial charge in [0.1, 0.15) is 18.1 Å². The molecular weight excluding hydrogens is 249 g/mol. The number of nitriles is 1. The standard InChI is InChI=1S/C12H10FN5O/c1-7(5-14)12(19)17-9-4-2-3-8(13)10(9)11-15-6-16-18-11/h2-4,6-7H,1H3,(H,17,19)(H,15,16,18). The van der Waals surface area contributed by atoms with Crippen LogP contribution in [0.3, 0.4) is 0 Å². The Labute approximate surface area is 108 Å². The summed E-state index contributed by atoms with van der Waals surface area (Å²) in [4.78, 5) is 15.5. The largest absolute Gasteiger partial charge is 0.324 e. The van der Waals surface area contributed by atoms with Crippen molar-refractivity contribution in [3.8, 4) is 17.5 Å². The third-order valence-corrected chi connectivity index (χ3v) is 2.51. The Hall–Kier alpha value is -2.75. The second-order valence-electron chi connectivity index (χ2n) is 3.84. The van der Waals surface area contributed by atoms with Crippen molar-refractivity contribution in [1.82, 2.24) is 15.2 Å². The van der Waals surface area contributed by atoms with E-state index in [4.69, 9.17) is 5.26 Å². The molecule has 0 spiro atoms. The number of anilines is 1. The zero-order chi connectivity index (χ0) is 13.8. The molecule has 0 aliphatic rings. The average Bonchev–Trinajstić information content (AvgIpc) is 2.91. The molecule has 19 heavy (non-hydrogen) atoms. The number of carbonyl (C=O) groups excluding carboxylic acids is 1. The van der Waals surface area contributed by atoms with Crippen LogP contribution < -0.4 is 5.32 Å². The van der Waals surface area contributed by atoms with Gasteiger partial charge in [-0.2, -0.15) is 10.4 Å². The fourth-order valence-corrected chi connectivity index (χ4v) is 1.49. The van der Waals surface area contributed by atoms with Crippen LogP contribution in [0, 0.1) is 23.1 Å². The highest BCUT2D eigenvalue weighted by atomic mass is 19.1. The summed E-state index contributed by atoms with van der Waals surface area (Å²) in [5.41, 5.74) is 0.349. The fraction of sp³-hybridized carbons (Fsp3) is 0.167. The number of hydrogen-bond donors (Lipinski definition) is 2. The Morgan fingerprint density at radius 3 is 3.00 bits per heavy atom. The van der Waals surface area contributed by atoms with Crippen LogP contribution in [0.25, 0.3) is 11.4 Å². The molecule has 0 saturated carbocycles. The first-order chi connectivity index (χ1) is 9.13. The number of aromatic amines is 1. The van der Waals surface area contributed by atoms with Gasteiger partial charge in [0.25, 0.3) is 0 Å². The number of H-pyrrole nitrogens is 1. The number of nitrogens with one attached hydrogen (secondary N) is 2. The van der Waals surface area contributed by atoms with Crippen LogP contribution in [0.15, 0.2) is 24.5 Å². The topological polar surface area (TPSA) is 94.5 Å². The number of halogens is 1. The van der Waals surface area contributed by atoms with E-state index in [-0.39, 0.29) is 17.1 Å². The van der Waals surface area contributed by atoms with Gasteiger partial charge in [0.2, 0.25) is 5.91 Å². The quantitative estimate of drug-likeness (QED) is 0.877. The van der Waals surface area contributed by atoms with Crippen LogP contribution in [0.5, 0.6) is 0 Å². The molecule has 1 heterocycles. The molecule has 0 aliphatic heterocycles. The van der Waals surface area contributed by atoms with Gasteiger partial charge in [0.05, 0.1) is 17.3 Å². The van der Waals surface area contributed by atoms with Gasteiger partial charge in [-0.15, -0.1) is 0 Å². The zero-order valence-corrected chi connectivity index (χ0v) is 10.0. The Kier molecular flexibility index (Phi) is 3.52. The second-order valence-corrected chi connectivity index (χ2v) is 3.84. The van der Waals surface area contributed by atoms with E-state index >= 15 is 0 Å². The lowest BCUT2D eigenvalue weighted by Crippen LogP contribution is -2.19. The lowest BCUT2D eigenvalue weighted by atomic mass is 10.1. The molecule has 0 saturated heterocycles. The summed E-state index contributed by atoms with van der Waals surface area (Å²) in [6.45, 7) is 1.46. The van der Waals surface area contributed by atoms with Crippen molar-refractivity contribution in [2.45, 2.75) is 6.92 Å². The van der Waals surface area contributed by atoms with Crippen molar-refractivity contribution in [2.75, 3.05) is 5.32 Å². The maximum absolute atomic E-state index is 13.8. The number of carbonyl (C=O) groups is 1. The normalized spacial score (nSPS) is 11.6. The highest BCUT2D eigenvalue weighted by Gasteiger charge is 2.18. The molecule has 96 valence electrons. The molecule has 6 nitrogen and oxygen atoms in total. The summed E-state index contributed by atoms with van der Waals surface area (Å²) in [5, 5.41) is 17.4. The van der Waals surface area contributed by atoms with Crippen molar-refractivity contribution >= 4 is 11.6 Å². The molecule has 0 aliphatic carbocycles. The number of aromatic nitrogens is 3. The monoisotopic (exact) mass is 259 g/mol. The lowest BCUT2D eigenvalue weighted by Gasteiger charge is -2.10. The number of hydrogen-bond acceptors (Lipinski definition) is 4. The Morgan fingerprint density at radius 1 is 1.58 bits per heavy atom. The second kappa shape index (κ2) is 5.27. The number of benzene rings is 1. The van der Waals surface area contributed by atoms with Crippen LogP contribution in [0.2, 0.25) is 0 Å². The van der Waals surface area contributed by atoms with E-state index in [0.717, 1.165) is 0 Å². The Balaban J connectivity index is 2.40. The summed E-state index contributed by atoms with van der Waals surface area (Å²) in [7, 11) is 0. The maximum atomic E-state index is 13.8. The van der Waals surface area contributed by atoms with Crippen molar-refractivity contribution in [3.05, 3.63) is 30.3 Å². The van der Waals surface area contributed by atoms with Gasteiger partial charge in [-0.25, -0.2) is 9.37 Å². The molecule has 1 aromatic heterocycles. The lowest BCUT2D eigenvalue weighted by molar-refractivity contribution is -0.117. The van der Waals surface area contributed by atoms with Crippen LogP contribution >= 0.6 is 0 Å². The van der Waals surface area contributed by atoms with E-state index in [1.54, 1.807) is 0 Å². The highest BCUT2D eigenvalue weighted by Crippen LogP contribution is 2.28. The maximum Gasteiger partial charge on any atom is 0.241 e. The molecule has 2 N–H and O–H groups in total. The third-order valence-electron chi connectivity index (χ3n) is 2.51. The molecule has 2 aromatic rings. The molecule has 7 heteroatoms. The van der Waals surface area contributed by atoms with E-state index in [1.807, 2.05) is 6.07 Å². The number of amides is 1. The molecule has 0 radical (unpaired) electrons. The van der Waals surface area contributed by atoms with Crippen LogP contribution in [-0.2, 0) is 4.79 Å². The van der Waals surface area contributed by atoms with Crippen molar-refractivity contribution in [1.29, 1.82) is 5.26 Å². The summed E-state index contributed by atoms with van der Waals surface area (Å²) in [6.07, 6.45) is 1.24. The van der Waals surface area contributed by atoms with Crippen LogP contribution in [0.4, 0.5) is 10.1 Å². The van der Waals surface area contributed by atoms with E-state index in [9.17, 15) is 9.18 Å². The van der Waals surface area contributed by atoms with E-state index < -0.39 is 17.6 Å². The summed E-state index contributed by atoms with van der Waals surface area (Å²) in [5.74, 6) is -1.67. The van der Waals surface area contributed by atoms with Gasteiger partial charge in [-0.05, 0) is 19.1 Å². The molecule has 1 atom stereocenters. The Bertz CT molecular complexity index is 632. The minimum Gasteiger partial charge on any atom is -0.324 e. The third kappa shape index (κ3) is 2.57. The first-order valence-electron chi connectivity index (χ1n) is 5.48. The predicted octanol–water partition coefficient (Wildman–Crippen LogP) is 1.71. The minimum atomic E-state index is -0.828. The molecular formula is C12H10FN5O. The van der Waals surface area contributed by atoms with Crippen molar-refractivity contribution < 1.29 is 9.18 Å². The zero-order valence-electron chi connectivity index (χ0n) is 10.0. The van der Waals surface area contributed by atoms with Gasteiger partial charge >= 0.3 is 0 Å². The summed E-state index contributed by atoms with van der Waals surface area (Å²) in [6, 6.07) is 6.05. The number of rotatable bonds is 3. The van der Waals surface area contributed by atoms with Gasteiger partial charge in [0.15, 0.2) is 5.82 Å². The van der Waals surface area contributed by atoms with Crippen LogP contribution in [0.1, 0.15) is 6.92 Å². The molecule has 0 bridgehead atoms.